The summed E-state index contributed by atoms with van der Waals surface area (Å²) in [5, 5.41) is 9.04. The van der Waals surface area contributed by atoms with Gasteiger partial charge in [0.05, 0.1) is 18.8 Å². The first-order valence-electron chi connectivity index (χ1n) is 13.1. The zero-order valence-electron chi connectivity index (χ0n) is 22.6. The average molecular weight is 539 g/mol. The molecule has 2 aromatic heterocycles. The smallest absolute Gasteiger partial charge is 0.415 e. The number of hydrogen-bond donors (Lipinski definition) is 3. The summed E-state index contributed by atoms with van der Waals surface area (Å²) in [7, 11) is 3.74. The van der Waals surface area contributed by atoms with Gasteiger partial charge in [-0.2, -0.15) is 0 Å². The van der Waals surface area contributed by atoms with Gasteiger partial charge in [0.2, 0.25) is 5.91 Å². The number of carbonyl (C=O) groups excluding carboxylic acids is 3. The predicted molar refractivity (Wildman–Crippen MR) is 143 cm³/mol. The van der Waals surface area contributed by atoms with Gasteiger partial charge in [0.25, 0.3) is 11.8 Å². The average Bonchev–Trinajstić information content (AvgIpc) is 3.48. The van der Waals surface area contributed by atoms with Crippen LogP contribution in [0, 0.1) is 12.8 Å². The van der Waals surface area contributed by atoms with Crippen molar-refractivity contribution in [3.8, 4) is 5.88 Å². The van der Waals surface area contributed by atoms with Gasteiger partial charge in [-0.3, -0.25) is 19.4 Å². The SMILES string of the molecule is Cc1nc(NC(=O)[C@@H](C)N(C)C)cc2c1CC(CNCCC1CN(c3cnc4c(n3)NC(=O)CO4)C(=O)O1)C2. The molecule has 0 bridgehead atoms. The Morgan fingerprint density at radius 2 is 2.10 bits per heavy atom. The molecule has 0 spiro atoms. The summed E-state index contributed by atoms with van der Waals surface area (Å²) in [6.45, 7) is 5.62. The van der Waals surface area contributed by atoms with Gasteiger partial charge in [-0.25, -0.2) is 19.7 Å². The van der Waals surface area contributed by atoms with E-state index in [2.05, 4.69) is 30.9 Å². The third-order valence-electron chi connectivity index (χ3n) is 7.38. The minimum atomic E-state index is -0.491. The van der Waals surface area contributed by atoms with E-state index in [4.69, 9.17) is 9.47 Å². The van der Waals surface area contributed by atoms with Crippen LogP contribution in [0.3, 0.4) is 0 Å². The van der Waals surface area contributed by atoms with Crippen molar-refractivity contribution < 1.29 is 23.9 Å². The molecule has 0 aromatic carbocycles. The van der Waals surface area contributed by atoms with Crippen molar-refractivity contribution in [3.63, 3.8) is 0 Å². The maximum Gasteiger partial charge on any atom is 0.415 e. The molecule has 13 nitrogen and oxygen atoms in total. The molecular weight excluding hydrogens is 504 g/mol. The van der Waals surface area contributed by atoms with Gasteiger partial charge in [0.15, 0.2) is 18.2 Å². The number of pyridine rings is 1. The summed E-state index contributed by atoms with van der Waals surface area (Å²) in [5.74, 6) is 1.37. The van der Waals surface area contributed by atoms with Crippen LogP contribution in [0.25, 0.3) is 0 Å². The molecule has 3 aliphatic rings. The van der Waals surface area contributed by atoms with E-state index in [0.717, 1.165) is 25.1 Å². The lowest BCUT2D eigenvalue weighted by Gasteiger charge is -2.19. The number of nitrogens with one attached hydrogen (secondary N) is 3. The monoisotopic (exact) mass is 538 g/mol. The standard InChI is InChI=1S/C26H34N8O5/c1-14-19-8-16(7-17(19)9-20(29-14)30-24(36)15(2)33(3)4)10-27-6-5-18-12-34(26(37)39-18)21-11-28-25-23(31-21)32-22(35)13-38-25/h9,11,15-16,18,27H,5-8,10,12-13H2,1-4H3,(H,29,30,36)(H,31,32,35)/t15-,16?,18?/m1/s1. The van der Waals surface area contributed by atoms with E-state index in [1.807, 2.05) is 38.9 Å². The molecule has 1 saturated heterocycles. The number of rotatable bonds is 9. The molecule has 0 saturated carbocycles. The molecule has 2 aliphatic heterocycles. The zero-order chi connectivity index (χ0) is 27.7. The fraction of sp³-hybridized carbons (Fsp3) is 0.538. The first-order chi connectivity index (χ1) is 18.7. The summed E-state index contributed by atoms with van der Waals surface area (Å²) in [6, 6.07) is 1.75. The molecule has 2 unspecified atom stereocenters. The highest BCUT2D eigenvalue weighted by atomic mass is 16.6. The molecule has 2 aromatic rings. The number of anilines is 3. The first kappa shape index (κ1) is 26.8. The number of fused-ring (bicyclic) bond motifs is 2. The Kier molecular flexibility index (Phi) is 7.62. The molecule has 39 heavy (non-hydrogen) atoms. The first-order valence-corrected chi connectivity index (χ1v) is 13.1. The second-order valence-electron chi connectivity index (χ2n) is 10.5. The van der Waals surface area contributed by atoms with Crippen LogP contribution < -0.4 is 25.6 Å². The molecule has 13 heteroatoms. The summed E-state index contributed by atoms with van der Waals surface area (Å²) in [6.07, 6.45) is 3.17. The molecular formula is C26H34N8O5. The third-order valence-corrected chi connectivity index (χ3v) is 7.38. The largest absolute Gasteiger partial charge is 0.465 e. The van der Waals surface area contributed by atoms with Crippen molar-refractivity contribution in [1.82, 2.24) is 25.2 Å². The molecule has 3 amide bonds. The summed E-state index contributed by atoms with van der Waals surface area (Å²) in [5.41, 5.74) is 3.45. The topological polar surface area (TPSA) is 151 Å². The van der Waals surface area contributed by atoms with Crippen molar-refractivity contribution in [2.75, 3.05) is 55.9 Å². The van der Waals surface area contributed by atoms with Gasteiger partial charge >= 0.3 is 6.09 Å². The van der Waals surface area contributed by atoms with E-state index in [0.29, 0.717) is 37.1 Å². The Labute approximate surface area is 226 Å². The van der Waals surface area contributed by atoms with E-state index in [-0.39, 0.29) is 42.3 Å². The number of aromatic nitrogens is 3. The molecule has 4 heterocycles. The van der Waals surface area contributed by atoms with Crippen LogP contribution in [0.5, 0.6) is 5.88 Å². The molecule has 1 fully saturated rings. The number of nitrogens with zero attached hydrogens (tertiary/aromatic N) is 5. The minimum absolute atomic E-state index is 0.0753. The number of cyclic esters (lactones) is 1. The third kappa shape index (κ3) is 5.93. The van der Waals surface area contributed by atoms with E-state index < -0.39 is 6.09 Å². The molecule has 5 rings (SSSR count). The Hall–Kier alpha value is -3.84. The number of amides is 3. The van der Waals surface area contributed by atoms with Crippen molar-refractivity contribution in [2.24, 2.45) is 5.92 Å². The van der Waals surface area contributed by atoms with Crippen LogP contribution in [-0.4, -0.2) is 90.2 Å². The fourth-order valence-corrected chi connectivity index (χ4v) is 4.99. The highest BCUT2D eigenvalue weighted by Crippen LogP contribution is 2.31. The molecule has 208 valence electrons. The summed E-state index contributed by atoms with van der Waals surface area (Å²) < 4.78 is 10.7. The number of likely N-dealkylation sites (N-methyl/N-ethyl adjacent to an activating group) is 1. The van der Waals surface area contributed by atoms with E-state index in [1.54, 1.807) is 0 Å². The second-order valence-corrected chi connectivity index (χ2v) is 10.5. The number of hydrogen-bond acceptors (Lipinski definition) is 10. The van der Waals surface area contributed by atoms with Crippen LogP contribution in [0.15, 0.2) is 12.3 Å². The number of aryl methyl sites for hydroxylation is 1. The summed E-state index contributed by atoms with van der Waals surface area (Å²) in [4.78, 5) is 52.8. The van der Waals surface area contributed by atoms with Gasteiger partial charge in [-0.15, -0.1) is 0 Å². The zero-order valence-corrected chi connectivity index (χ0v) is 22.6. The van der Waals surface area contributed by atoms with Crippen molar-refractivity contribution in [2.45, 2.75) is 45.3 Å². The fourth-order valence-electron chi connectivity index (χ4n) is 4.99. The van der Waals surface area contributed by atoms with Crippen LogP contribution >= 0.6 is 0 Å². The van der Waals surface area contributed by atoms with Crippen LogP contribution in [0.1, 0.15) is 30.2 Å². The quantitative estimate of drug-likeness (QED) is 0.396. The van der Waals surface area contributed by atoms with E-state index >= 15 is 0 Å². The van der Waals surface area contributed by atoms with Gasteiger partial charge in [0.1, 0.15) is 11.9 Å². The molecule has 3 atom stereocenters. The van der Waals surface area contributed by atoms with Crippen LogP contribution in [0.2, 0.25) is 0 Å². The van der Waals surface area contributed by atoms with Gasteiger partial charge in [0, 0.05) is 5.69 Å². The minimum Gasteiger partial charge on any atom is -0.465 e. The maximum absolute atomic E-state index is 12.4. The Bertz CT molecular complexity index is 1290. The Balaban J connectivity index is 1.08. The van der Waals surface area contributed by atoms with Crippen molar-refractivity contribution in [1.29, 1.82) is 0 Å². The lowest BCUT2D eigenvalue weighted by atomic mass is 10.1. The Morgan fingerprint density at radius 3 is 2.90 bits per heavy atom. The van der Waals surface area contributed by atoms with Gasteiger partial charge in [-0.05, 0) is 83.4 Å². The van der Waals surface area contributed by atoms with Crippen molar-refractivity contribution >= 4 is 35.4 Å². The number of carbonyl (C=O) groups is 3. The summed E-state index contributed by atoms with van der Waals surface area (Å²) >= 11 is 0. The predicted octanol–water partition coefficient (Wildman–Crippen LogP) is 1.12. The molecule has 3 N–H and O–H groups in total. The lowest BCUT2D eigenvalue weighted by Crippen LogP contribution is -2.37. The molecule has 0 radical (unpaired) electrons. The highest BCUT2D eigenvalue weighted by molar-refractivity contribution is 5.95. The van der Waals surface area contributed by atoms with E-state index in [9.17, 15) is 14.4 Å². The maximum atomic E-state index is 12.4. The van der Waals surface area contributed by atoms with Crippen LogP contribution in [0.4, 0.5) is 22.2 Å². The number of ether oxygens (including phenoxy) is 2. The van der Waals surface area contributed by atoms with Gasteiger partial charge < -0.3 is 25.4 Å². The van der Waals surface area contributed by atoms with E-state index in [1.165, 1.54) is 22.2 Å². The lowest BCUT2D eigenvalue weighted by molar-refractivity contribution is -0.120. The normalized spacial score (nSPS) is 20.7. The Morgan fingerprint density at radius 1 is 1.28 bits per heavy atom. The highest BCUT2D eigenvalue weighted by Gasteiger charge is 2.34. The van der Waals surface area contributed by atoms with Crippen molar-refractivity contribution in [3.05, 3.63) is 29.1 Å². The van der Waals surface area contributed by atoms with Crippen LogP contribution in [-0.2, 0) is 27.2 Å². The second kappa shape index (κ2) is 11.1. The van der Waals surface area contributed by atoms with Gasteiger partial charge in [-0.1, -0.05) is 0 Å². The molecule has 1 aliphatic carbocycles.